The Kier molecular flexibility index (Phi) is 3.99. The summed E-state index contributed by atoms with van der Waals surface area (Å²) in [6, 6.07) is 8.18. The van der Waals surface area contributed by atoms with E-state index in [1.165, 1.54) is 5.56 Å². The van der Waals surface area contributed by atoms with Crippen LogP contribution in [-0.4, -0.2) is 6.61 Å². The van der Waals surface area contributed by atoms with Crippen LogP contribution >= 0.6 is 0 Å². The summed E-state index contributed by atoms with van der Waals surface area (Å²) in [7, 11) is 0. The Labute approximate surface area is 103 Å². The van der Waals surface area contributed by atoms with Crippen molar-refractivity contribution < 1.29 is 9.47 Å². The molecule has 90 valence electrons. The summed E-state index contributed by atoms with van der Waals surface area (Å²) >= 11 is 0. The molecule has 0 amide bonds. The van der Waals surface area contributed by atoms with Gasteiger partial charge in [-0.2, -0.15) is 0 Å². The van der Waals surface area contributed by atoms with Gasteiger partial charge in [-0.15, -0.1) is 6.58 Å². The predicted octanol–water partition coefficient (Wildman–Crippen LogP) is 4.06. The van der Waals surface area contributed by atoms with Crippen molar-refractivity contribution in [3.63, 3.8) is 0 Å². The predicted molar refractivity (Wildman–Crippen MR) is 69.3 cm³/mol. The van der Waals surface area contributed by atoms with Crippen LogP contribution < -0.4 is 0 Å². The van der Waals surface area contributed by atoms with Gasteiger partial charge in [-0.05, 0) is 18.1 Å². The Hall–Kier alpha value is -1.54. The second kappa shape index (κ2) is 5.69. The highest BCUT2D eigenvalue weighted by Crippen LogP contribution is 2.33. The smallest absolute Gasteiger partial charge is 0.227 e. The van der Waals surface area contributed by atoms with Gasteiger partial charge in [0.2, 0.25) is 6.29 Å². The van der Waals surface area contributed by atoms with Gasteiger partial charge in [0.05, 0.1) is 6.61 Å². The molecule has 0 N–H and O–H groups in total. The van der Waals surface area contributed by atoms with E-state index in [4.69, 9.17) is 9.47 Å². The number of rotatable bonds is 5. The van der Waals surface area contributed by atoms with Crippen LogP contribution in [0.2, 0.25) is 0 Å². The molecule has 1 aliphatic rings. The van der Waals surface area contributed by atoms with E-state index in [0.29, 0.717) is 6.61 Å². The molecule has 1 unspecified atom stereocenters. The molecule has 0 aliphatic carbocycles. The van der Waals surface area contributed by atoms with Gasteiger partial charge in [0.1, 0.15) is 5.76 Å². The largest absolute Gasteiger partial charge is 0.465 e. The molecule has 2 rings (SSSR count). The van der Waals surface area contributed by atoms with Crippen molar-refractivity contribution in [3.8, 4) is 0 Å². The Bertz CT molecular complexity index is 421. The number of allylic oxidation sites excluding steroid dienone is 1. The number of hydrogen-bond donors (Lipinski definition) is 0. The van der Waals surface area contributed by atoms with E-state index in [9.17, 15) is 0 Å². The summed E-state index contributed by atoms with van der Waals surface area (Å²) < 4.78 is 11.5. The summed E-state index contributed by atoms with van der Waals surface area (Å²) in [4.78, 5) is 0. The highest BCUT2D eigenvalue weighted by atomic mass is 16.7. The van der Waals surface area contributed by atoms with Crippen LogP contribution in [0.1, 0.15) is 37.2 Å². The number of ether oxygens (including phenoxy) is 2. The van der Waals surface area contributed by atoms with E-state index in [1.807, 2.05) is 18.2 Å². The minimum Gasteiger partial charge on any atom is -0.465 e. The number of hydrogen-bond acceptors (Lipinski definition) is 2. The molecule has 0 saturated heterocycles. The van der Waals surface area contributed by atoms with E-state index in [2.05, 4.69) is 25.6 Å². The molecule has 2 nitrogen and oxygen atoms in total. The fourth-order valence-corrected chi connectivity index (χ4v) is 1.92. The lowest BCUT2D eigenvalue weighted by atomic mass is 10.0. The molecule has 2 heteroatoms. The van der Waals surface area contributed by atoms with Crippen molar-refractivity contribution >= 4 is 6.08 Å². The van der Waals surface area contributed by atoms with Crippen molar-refractivity contribution in [2.75, 3.05) is 6.61 Å². The van der Waals surface area contributed by atoms with E-state index >= 15 is 0 Å². The van der Waals surface area contributed by atoms with Crippen molar-refractivity contribution in [2.45, 2.75) is 26.1 Å². The molecule has 0 fully saturated rings. The van der Waals surface area contributed by atoms with Gasteiger partial charge in [0.15, 0.2) is 0 Å². The summed E-state index contributed by atoms with van der Waals surface area (Å²) in [5.74, 6) is 1.00. The molecule has 1 heterocycles. The van der Waals surface area contributed by atoms with Crippen LogP contribution in [-0.2, 0) is 9.47 Å². The van der Waals surface area contributed by atoms with Gasteiger partial charge >= 0.3 is 0 Å². The quantitative estimate of drug-likeness (QED) is 0.710. The zero-order valence-electron chi connectivity index (χ0n) is 10.2. The molecule has 0 aromatic heterocycles. The summed E-state index contributed by atoms with van der Waals surface area (Å²) in [5.41, 5.74) is 2.28. The molecule has 0 spiro atoms. The van der Waals surface area contributed by atoms with Crippen molar-refractivity contribution in [1.29, 1.82) is 0 Å². The Morgan fingerprint density at radius 2 is 2.24 bits per heavy atom. The Morgan fingerprint density at radius 3 is 3.00 bits per heavy atom. The van der Waals surface area contributed by atoms with Gasteiger partial charge in [-0.25, -0.2) is 0 Å². The van der Waals surface area contributed by atoms with Gasteiger partial charge in [0, 0.05) is 12.0 Å². The average Bonchev–Trinajstić information content (AvgIpc) is 2.36. The normalized spacial score (nSPS) is 17.9. The van der Waals surface area contributed by atoms with Crippen LogP contribution in [0.15, 0.2) is 42.7 Å². The van der Waals surface area contributed by atoms with E-state index < -0.39 is 0 Å². The third-order valence-corrected chi connectivity index (χ3v) is 2.69. The molecule has 1 aliphatic heterocycles. The minimum atomic E-state index is -0.296. The molecule has 0 radical (unpaired) electrons. The first-order chi connectivity index (χ1) is 8.35. The lowest BCUT2D eigenvalue weighted by molar-refractivity contribution is -0.114. The van der Waals surface area contributed by atoms with Crippen molar-refractivity contribution in [2.24, 2.45) is 0 Å². The second-order valence-corrected chi connectivity index (χ2v) is 4.06. The van der Waals surface area contributed by atoms with E-state index in [-0.39, 0.29) is 6.29 Å². The standard InChI is InChI=1S/C15H18O2/c1-3-7-13-11-12-8-5-6-9-14(12)15(17-13)16-10-4-2/h4-6,8-9,11,15H,2-3,7,10H2,1H3. The first kappa shape index (κ1) is 11.9. The molecular weight excluding hydrogens is 212 g/mol. The first-order valence-corrected chi connectivity index (χ1v) is 6.03. The molecule has 1 atom stereocenters. The minimum absolute atomic E-state index is 0.296. The lowest BCUT2D eigenvalue weighted by Crippen LogP contribution is -2.14. The molecule has 0 bridgehead atoms. The average molecular weight is 230 g/mol. The second-order valence-electron chi connectivity index (χ2n) is 4.06. The topological polar surface area (TPSA) is 18.5 Å². The maximum absolute atomic E-state index is 5.85. The third-order valence-electron chi connectivity index (χ3n) is 2.69. The van der Waals surface area contributed by atoms with Crippen LogP contribution in [0, 0.1) is 0 Å². The van der Waals surface area contributed by atoms with Crippen molar-refractivity contribution in [1.82, 2.24) is 0 Å². The highest BCUT2D eigenvalue weighted by Gasteiger charge is 2.21. The third kappa shape index (κ3) is 2.77. The summed E-state index contributed by atoms with van der Waals surface area (Å²) in [6.45, 7) is 6.30. The van der Waals surface area contributed by atoms with Crippen LogP contribution in [0.4, 0.5) is 0 Å². The fourth-order valence-electron chi connectivity index (χ4n) is 1.92. The lowest BCUT2D eigenvalue weighted by Gasteiger charge is -2.26. The van der Waals surface area contributed by atoms with Gasteiger partial charge in [-0.1, -0.05) is 37.3 Å². The van der Waals surface area contributed by atoms with Crippen LogP contribution in [0.5, 0.6) is 0 Å². The van der Waals surface area contributed by atoms with Crippen LogP contribution in [0.3, 0.4) is 0 Å². The fraction of sp³-hybridized carbons (Fsp3) is 0.333. The monoisotopic (exact) mass is 230 g/mol. The van der Waals surface area contributed by atoms with Crippen LogP contribution in [0.25, 0.3) is 6.08 Å². The maximum atomic E-state index is 5.85. The molecule has 0 saturated carbocycles. The van der Waals surface area contributed by atoms with Crippen molar-refractivity contribution in [3.05, 3.63) is 53.8 Å². The number of fused-ring (bicyclic) bond motifs is 1. The van der Waals surface area contributed by atoms with Gasteiger partial charge in [0.25, 0.3) is 0 Å². The Balaban J connectivity index is 2.25. The molecule has 1 aromatic carbocycles. The molecule has 17 heavy (non-hydrogen) atoms. The van der Waals surface area contributed by atoms with E-state index in [1.54, 1.807) is 6.08 Å². The maximum Gasteiger partial charge on any atom is 0.227 e. The van der Waals surface area contributed by atoms with E-state index in [0.717, 1.165) is 24.2 Å². The molecular formula is C15H18O2. The zero-order valence-corrected chi connectivity index (χ0v) is 10.2. The summed E-state index contributed by atoms with van der Waals surface area (Å²) in [6.07, 6.45) is 5.57. The van der Waals surface area contributed by atoms with Gasteiger partial charge in [-0.3, -0.25) is 0 Å². The van der Waals surface area contributed by atoms with Gasteiger partial charge < -0.3 is 9.47 Å². The zero-order chi connectivity index (χ0) is 12.1. The SMILES string of the molecule is C=CCOC1OC(CCC)=Cc2ccccc21. The summed E-state index contributed by atoms with van der Waals surface area (Å²) in [5, 5.41) is 0. The molecule has 1 aromatic rings. The highest BCUT2D eigenvalue weighted by molar-refractivity contribution is 5.57. The Morgan fingerprint density at radius 1 is 1.41 bits per heavy atom. The first-order valence-electron chi connectivity index (χ1n) is 6.03. The number of benzene rings is 1.